The van der Waals surface area contributed by atoms with E-state index in [0.717, 1.165) is 25.9 Å². The summed E-state index contributed by atoms with van der Waals surface area (Å²) in [4.78, 5) is 23.1. The first-order chi connectivity index (χ1) is 8.44. The van der Waals surface area contributed by atoms with Crippen LogP contribution in [0.1, 0.15) is 33.1 Å². The number of carbonyl (C=O) groups is 2. The zero-order chi connectivity index (χ0) is 13.3. The van der Waals surface area contributed by atoms with Crippen LogP contribution >= 0.6 is 0 Å². The molecule has 0 spiro atoms. The van der Waals surface area contributed by atoms with Gasteiger partial charge in [-0.15, -0.1) is 0 Å². The standard InChI is InChI=1S/C13H21NO4/c1-13(2)9(10(13)12(16)17)11(15)14-8-4-3-6-18-7-5-8/h8-10H,3-7H2,1-2H3,(H,14,15)(H,16,17)/t8?,9-,10+/m1/s1. The van der Waals surface area contributed by atoms with Gasteiger partial charge in [0.2, 0.25) is 5.91 Å². The van der Waals surface area contributed by atoms with Crippen LogP contribution < -0.4 is 5.32 Å². The van der Waals surface area contributed by atoms with Gasteiger partial charge in [0.1, 0.15) is 0 Å². The Hall–Kier alpha value is -1.10. The second-order valence-electron chi connectivity index (χ2n) is 5.86. The van der Waals surface area contributed by atoms with Gasteiger partial charge < -0.3 is 15.2 Å². The van der Waals surface area contributed by atoms with Crippen LogP contribution in [-0.4, -0.2) is 36.2 Å². The van der Waals surface area contributed by atoms with E-state index in [1.807, 2.05) is 13.8 Å². The lowest BCUT2D eigenvalue weighted by Crippen LogP contribution is -2.37. The van der Waals surface area contributed by atoms with Gasteiger partial charge in [-0.25, -0.2) is 0 Å². The lowest BCUT2D eigenvalue weighted by molar-refractivity contribution is -0.140. The van der Waals surface area contributed by atoms with Crippen molar-refractivity contribution in [2.75, 3.05) is 13.2 Å². The largest absolute Gasteiger partial charge is 0.481 e. The van der Waals surface area contributed by atoms with E-state index in [2.05, 4.69) is 5.32 Å². The van der Waals surface area contributed by atoms with Gasteiger partial charge in [0.05, 0.1) is 11.8 Å². The van der Waals surface area contributed by atoms with E-state index >= 15 is 0 Å². The van der Waals surface area contributed by atoms with Crippen molar-refractivity contribution in [2.24, 2.45) is 17.3 Å². The van der Waals surface area contributed by atoms with Gasteiger partial charge >= 0.3 is 5.97 Å². The maximum Gasteiger partial charge on any atom is 0.307 e. The summed E-state index contributed by atoms with van der Waals surface area (Å²) in [6.07, 6.45) is 2.68. The summed E-state index contributed by atoms with van der Waals surface area (Å²) in [5.41, 5.74) is -0.419. The molecule has 2 aliphatic rings. The smallest absolute Gasteiger partial charge is 0.307 e. The summed E-state index contributed by atoms with van der Waals surface area (Å²) in [6.45, 7) is 5.10. The third-order valence-electron chi connectivity index (χ3n) is 4.17. The highest BCUT2D eigenvalue weighted by atomic mass is 16.5. The molecule has 1 aliphatic carbocycles. The van der Waals surface area contributed by atoms with Gasteiger partial charge in [-0.3, -0.25) is 9.59 Å². The second kappa shape index (κ2) is 4.88. The summed E-state index contributed by atoms with van der Waals surface area (Å²) >= 11 is 0. The summed E-state index contributed by atoms with van der Waals surface area (Å²) in [7, 11) is 0. The highest BCUT2D eigenvalue weighted by Gasteiger charge is 2.65. The quantitative estimate of drug-likeness (QED) is 0.789. The van der Waals surface area contributed by atoms with Crippen LogP contribution in [0.3, 0.4) is 0 Å². The molecule has 3 atom stereocenters. The van der Waals surface area contributed by atoms with Gasteiger partial charge in [0, 0.05) is 19.3 Å². The van der Waals surface area contributed by atoms with Crippen molar-refractivity contribution in [1.29, 1.82) is 0 Å². The Labute approximate surface area is 107 Å². The fourth-order valence-corrected chi connectivity index (χ4v) is 2.93. The van der Waals surface area contributed by atoms with Crippen LogP contribution in [0.15, 0.2) is 0 Å². The number of ether oxygens (including phenoxy) is 1. The highest BCUT2D eigenvalue weighted by molar-refractivity contribution is 5.91. The number of carboxylic acid groups (broad SMARTS) is 1. The molecule has 102 valence electrons. The van der Waals surface area contributed by atoms with E-state index in [1.165, 1.54) is 0 Å². The summed E-state index contributed by atoms with van der Waals surface area (Å²) in [6, 6.07) is 0.130. The molecular weight excluding hydrogens is 234 g/mol. The number of rotatable bonds is 3. The Kier molecular flexibility index (Phi) is 3.61. The summed E-state index contributed by atoms with van der Waals surface area (Å²) in [5.74, 6) is -1.91. The molecule has 0 aromatic rings. The van der Waals surface area contributed by atoms with E-state index in [4.69, 9.17) is 9.84 Å². The van der Waals surface area contributed by atoms with Crippen molar-refractivity contribution in [2.45, 2.75) is 39.2 Å². The monoisotopic (exact) mass is 255 g/mol. The van der Waals surface area contributed by atoms with E-state index in [0.29, 0.717) is 6.61 Å². The minimum atomic E-state index is -0.871. The maximum atomic E-state index is 12.1. The molecule has 1 saturated carbocycles. The molecule has 0 aromatic heterocycles. The molecule has 2 rings (SSSR count). The van der Waals surface area contributed by atoms with Crippen LogP contribution in [0.5, 0.6) is 0 Å². The number of carbonyl (C=O) groups excluding carboxylic acids is 1. The lowest BCUT2D eigenvalue weighted by atomic mass is 10.1. The van der Waals surface area contributed by atoms with Crippen molar-refractivity contribution in [3.63, 3.8) is 0 Å². The molecule has 18 heavy (non-hydrogen) atoms. The average molecular weight is 255 g/mol. The Bertz CT molecular complexity index is 345. The highest BCUT2D eigenvalue weighted by Crippen LogP contribution is 2.58. The predicted octanol–water partition coefficient (Wildman–Crippen LogP) is 1.03. The number of hydrogen-bond donors (Lipinski definition) is 2. The molecule has 1 amide bonds. The molecule has 5 heteroatoms. The van der Waals surface area contributed by atoms with E-state index in [-0.39, 0.29) is 17.9 Å². The number of carboxylic acids is 1. The van der Waals surface area contributed by atoms with Crippen molar-refractivity contribution in [3.8, 4) is 0 Å². The van der Waals surface area contributed by atoms with Gasteiger partial charge in [-0.05, 0) is 24.7 Å². The zero-order valence-corrected chi connectivity index (χ0v) is 10.9. The van der Waals surface area contributed by atoms with Crippen LogP contribution in [0.25, 0.3) is 0 Å². The minimum Gasteiger partial charge on any atom is -0.481 e. The first-order valence-corrected chi connectivity index (χ1v) is 6.55. The minimum absolute atomic E-state index is 0.112. The first-order valence-electron chi connectivity index (χ1n) is 6.55. The molecule has 2 fully saturated rings. The maximum absolute atomic E-state index is 12.1. The first kappa shape index (κ1) is 13.3. The summed E-state index contributed by atoms with van der Waals surface area (Å²) in [5, 5.41) is 12.0. The predicted molar refractivity (Wildman–Crippen MR) is 65.0 cm³/mol. The number of aliphatic carboxylic acids is 1. The van der Waals surface area contributed by atoms with Crippen molar-refractivity contribution < 1.29 is 19.4 Å². The SMILES string of the molecule is CC1(C)[C@H](C(=O)O)[C@@H]1C(=O)NC1CCCOCC1. The molecule has 1 saturated heterocycles. The molecule has 0 aromatic carbocycles. The Balaban J connectivity index is 1.90. The molecule has 0 bridgehead atoms. The Morgan fingerprint density at radius 1 is 1.22 bits per heavy atom. The molecule has 1 unspecified atom stereocenters. The fraction of sp³-hybridized carbons (Fsp3) is 0.846. The number of nitrogens with one attached hydrogen (secondary N) is 1. The molecule has 1 aliphatic heterocycles. The molecule has 0 radical (unpaired) electrons. The third-order valence-corrected chi connectivity index (χ3v) is 4.17. The van der Waals surface area contributed by atoms with Gasteiger partial charge in [-0.1, -0.05) is 13.8 Å². The van der Waals surface area contributed by atoms with Gasteiger partial charge in [-0.2, -0.15) is 0 Å². The van der Waals surface area contributed by atoms with E-state index in [1.54, 1.807) is 0 Å². The number of hydrogen-bond acceptors (Lipinski definition) is 3. The molecule has 5 nitrogen and oxygen atoms in total. The van der Waals surface area contributed by atoms with Gasteiger partial charge in [0.25, 0.3) is 0 Å². The average Bonchev–Trinajstić information content (AvgIpc) is 2.92. The van der Waals surface area contributed by atoms with Crippen molar-refractivity contribution in [1.82, 2.24) is 5.32 Å². The molecule has 2 N–H and O–H groups in total. The van der Waals surface area contributed by atoms with Crippen molar-refractivity contribution >= 4 is 11.9 Å². The van der Waals surface area contributed by atoms with Gasteiger partial charge in [0.15, 0.2) is 0 Å². The Morgan fingerprint density at radius 2 is 1.94 bits per heavy atom. The molecular formula is C13H21NO4. The van der Waals surface area contributed by atoms with E-state index in [9.17, 15) is 9.59 Å². The van der Waals surface area contributed by atoms with Crippen molar-refractivity contribution in [3.05, 3.63) is 0 Å². The van der Waals surface area contributed by atoms with Crippen LogP contribution in [0.2, 0.25) is 0 Å². The third kappa shape index (κ3) is 2.51. The van der Waals surface area contributed by atoms with E-state index < -0.39 is 17.3 Å². The second-order valence-corrected chi connectivity index (χ2v) is 5.86. The summed E-state index contributed by atoms with van der Waals surface area (Å²) < 4.78 is 5.34. The normalized spacial score (nSPS) is 34.4. The van der Waals surface area contributed by atoms with Crippen LogP contribution in [0.4, 0.5) is 0 Å². The molecule has 1 heterocycles. The van der Waals surface area contributed by atoms with Crippen LogP contribution in [0, 0.1) is 17.3 Å². The fourth-order valence-electron chi connectivity index (χ4n) is 2.93. The zero-order valence-electron chi connectivity index (χ0n) is 10.9. The van der Waals surface area contributed by atoms with Crippen LogP contribution in [-0.2, 0) is 14.3 Å². The number of amides is 1. The Morgan fingerprint density at radius 3 is 2.56 bits per heavy atom. The lowest BCUT2D eigenvalue weighted by Gasteiger charge is -2.16. The topological polar surface area (TPSA) is 75.6 Å².